The van der Waals surface area contributed by atoms with Gasteiger partial charge in [0.05, 0.1) is 25.2 Å². The number of aromatic hydroxyl groups is 1. The molecule has 0 aliphatic carbocycles. The summed E-state index contributed by atoms with van der Waals surface area (Å²) in [7, 11) is 0. The number of rotatable bonds is 7. The van der Waals surface area contributed by atoms with Gasteiger partial charge in [-0.05, 0) is 41.8 Å². The molecule has 0 bridgehead atoms. The number of aromatic amines is 1. The van der Waals surface area contributed by atoms with Gasteiger partial charge in [-0.2, -0.15) is 0 Å². The molecule has 1 unspecified atom stereocenters. The van der Waals surface area contributed by atoms with Crippen LogP contribution in [0, 0.1) is 11.8 Å². The molecular weight excluding hydrogens is 418 g/mol. The molecule has 2 aromatic carbocycles. The molecule has 0 radical (unpaired) electrons. The maximum absolute atomic E-state index is 11.6. The van der Waals surface area contributed by atoms with Crippen molar-refractivity contribution in [1.29, 1.82) is 0 Å². The Hall–Kier alpha value is -3.44. The van der Waals surface area contributed by atoms with Crippen molar-refractivity contribution in [2.75, 3.05) is 19.8 Å². The number of hydrogen-bond donors (Lipinski definition) is 4. The Morgan fingerprint density at radius 1 is 1.12 bits per heavy atom. The Morgan fingerprint density at radius 3 is 2.45 bits per heavy atom. The van der Waals surface area contributed by atoms with Crippen LogP contribution in [0.2, 0.25) is 0 Å². The Balaban J connectivity index is 1.37. The second-order valence-electron chi connectivity index (χ2n) is 8.12. The smallest absolute Gasteiger partial charge is 0.293 e. The lowest BCUT2D eigenvalue weighted by Gasteiger charge is -2.14. The van der Waals surface area contributed by atoms with Crippen LogP contribution in [0.25, 0.3) is 0 Å². The normalized spacial score (nSPS) is 16.2. The molecule has 4 N–H and O–H groups in total. The fourth-order valence-corrected chi connectivity index (χ4v) is 3.75. The van der Waals surface area contributed by atoms with E-state index in [1.165, 1.54) is 11.9 Å². The zero-order valence-corrected chi connectivity index (χ0v) is 18.3. The van der Waals surface area contributed by atoms with Crippen LogP contribution >= 0.6 is 0 Å². The van der Waals surface area contributed by atoms with E-state index < -0.39 is 11.3 Å². The molecule has 2 heterocycles. The van der Waals surface area contributed by atoms with Crippen LogP contribution in [-0.2, 0) is 17.7 Å². The van der Waals surface area contributed by atoms with Crippen LogP contribution in [0.1, 0.15) is 40.3 Å². The zero-order chi connectivity index (χ0) is 23.0. The highest BCUT2D eigenvalue weighted by Gasteiger charge is 2.16. The van der Waals surface area contributed by atoms with Crippen molar-refractivity contribution in [2.45, 2.75) is 31.3 Å². The molecule has 2 atom stereocenters. The van der Waals surface area contributed by atoms with Gasteiger partial charge in [-0.15, -0.1) is 0 Å². The van der Waals surface area contributed by atoms with E-state index >= 15 is 0 Å². The van der Waals surface area contributed by atoms with Crippen LogP contribution in [0.15, 0.2) is 59.7 Å². The maximum atomic E-state index is 11.6. The summed E-state index contributed by atoms with van der Waals surface area (Å²) in [6, 6.07) is 16.2. The lowest BCUT2D eigenvalue weighted by molar-refractivity contribution is 0.190. The molecule has 1 saturated heterocycles. The summed E-state index contributed by atoms with van der Waals surface area (Å²) >= 11 is 0. The average Bonchev–Trinajstić information content (AvgIpc) is 3.37. The van der Waals surface area contributed by atoms with Gasteiger partial charge in [0.2, 0.25) is 5.75 Å². The molecule has 1 aromatic heterocycles. The van der Waals surface area contributed by atoms with Crippen molar-refractivity contribution in [3.63, 3.8) is 0 Å². The molecule has 33 heavy (non-hydrogen) atoms. The van der Waals surface area contributed by atoms with E-state index in [2.05, 4.69) is 39.3 Å². The molecule has 1 fully saturated rings. The molecule has 3 aromatic rings. The molecule has 0 spiro atoms. The van der Waals surface area contributed by atoms with Gasteiger partial charge in [-0.1, -0.05) is 36.1 Å². The number of aliphatic hydroxyl groups excluding tert-OH is 1. The molecule has 1 aliphatic rings. The van der Waals surface area contributed by atoms with Gasteiger partial charge in [0, 0.05) is 42.7 Å². The van der Waals surface area contributed by atoms with Gasteiger partial charge in [-0.3, -0.25) is 4.79 Å². The standard InChI is InChI=1S/C26H27N3O4/c30-15-22(13-24-25(31)26(32)29-17-28-24)21-9-7-19(8-10-21)2-1-18-3-5-20(6-4-18)14-27-23-11-12-33-16-23/h3-10,17,22-23,27,30-31H,11-16H2,(H,28,29,32)/t22?,23-/m0/s1. The first kappa shape index (κ1) is 22.7. The van der Waals surface area contributed by atoms with Gasteiger partial charge in [0.25, 0.3) is 5.56 Å². The minimum atomic E-state index is -0.588. The van der Waals surface area contributed by atoms with Crippen LogP contribution < -0.4 is 10.9 Å². The number of ether oxygens (including phenoxy) is 1. The first-order valence-corrected chi connectivity index (χ1v) is 11.0. The van der Waals surface area contributed by atoms with Gasteiger partial charge in [-0.25, -0.2) is 4.98 Å². The minimum Gasteiger partial charge on any atom is -0.502 e. The summed E-state index contributed by atoms with van der Waals surface area (Å²) in [6.07, 6.45) is 2.57. The van der Waals surface area contributed by atoms with Crippen molar-refractivity contribution in [1.82, 2.24) is 15.3 Å². The van der Waals surface area contributed by atoms with Gasteiger partial charge in [0.15, 0.2) is 0 Å². The zero-order valence-electron chi connectivity index (χ0n) is 18.3. The maximum Gasteiger partial charge on any atom is 0.293 e. The number of aromatic nitrogens is 2. The fraction of sp³-hybridized carbons (Fsp3) is 0.308. The number of hydrogen-bond acceptors (Lipinski definition) is 6. The highest BCUT2D eigenvalue weighted by Crippen LogP contribution is 2.22. The lowest BCUT2D eigenvalue weighted by Crippen LogP contribution is -2.28. The van der Waals surface area contributed by atoms with Gasteiger partial charge >= 0.3 is 0 Å². The summed E-state index contributed by atoms with van der Waals surface area (Å²) in [5.74, 6) is 5.65. The van der Waals surface area contributed by atoms with E-state index in [9.17, 15) is 15.0 Å². The predicted octanol–water partition coefficient (Wildman–Crippen LogP) is 2.07. The summed E-state index contributed by atoms with van der Waals surface area (Å²) in [4.78, 5) is 17.9. The Kier molecular flexibility index (Phi) is 7.53. The van der Waals surface area contributed by atoms with Crippen LogP contribution in [0.3, 0.4) is 0 Å². The van der Waals surface area contributed by atoms with E-state index in [-0.39, 0.29) is 24.6 Å². The van der Waals surface area contributed by atoms with E-state index in [4.69, 9.17) is 4.74 Å². The fourth-order valence-electron chi connectivity index (χ4n) is 3.75. The van der Waals surface area contributed by atoms with Gasteiger partial charge in [0.1, 0.15) is 0 Å². The highest BCUT2D eigenvalue weighted by molar-refractivity contribution is 5.44. The SMILES string of the molecule is O=c1[nH]cnc(CC(CO)c2ccc(C#Cc3ccc(CN[C@H]4CCOC4)cc3)cc2)c1O. The quantitative estimate of drug-likeness (QED) is 0.415. The molecule has 170 valence electrons. The van der Waals surface area contributed by atoms with Gasteiger partial charge < -0.3 is 25.3 Å². The van der Waals surface area contributed by atoms with Crippen LogP contribution in [0.5, 0.6) is 5.75 Å². The second-order valence-corrected chi connectivity index (χ2v) is 8.12. The molecule has 7 nitrogen and oxygen atoms in total. The van der Waals surface area contributed by atoms with Crippen LogP contribution in [-0.4, -0.2) is 46.0 Å². The number of aliphatic hydroxyl groups is 1. The predicted molar refractivity (Wildman–Crippen MR) is 125 cm³/mol. The molecule has 1 aliphatic heterocycles. The lowest BCUT2D eigenvalue weighted by atomic mass is 9.94. The summed E-state index contributed by atoms with van der Waals surface area (Å²) in [6.45, 7) is 2.31. The first-order chi connectivity index (χ1) is 16.1. The summed E-state index contributed by atoms with van der Waals surface area (Å²) in [5, 5.41) is 23.2. The van der Waals surface area contributed by atoms with E-state index in [0.29, 0.717) is 6.04 Å². The van der Waals surface area contributed by atoms with Crippen LogP contribution in [0.4, 0.5) is 0 Å². The molecule has 7 heteroatoms. The van der Waals surface area contributed by atoms with Crippen molar-refractivity contribution in [3.05, 3.63) is 93.2 Å². The third-order valence-electron chi connectivity index (χ3n) is 5.78. The topological polar surface area (TPSA) is 107 Å². The number of nitrogens with one attached hydrogen (secondary N) is 2. The van der Waals surface area contributed by atoms with Crippen molar-refractivity contribution < 1.29 is 14.9 Å². The first-order valence-electron chi connectivity index (χ1n) is 11.0. The number of H-pyrrole nitrogens is 1. The van der Waals surface area contributed by atoms with Crippen molar-refractivity contribution in [3.8, 4) is 17.6 Å². The molecular formula is C26H27N3O4. The Morgan fingerprint density at radius 2 is 1.82 bits per heavy atom. The third kappa shape index (κ3) is 6.08. The molecule has 4 rings (SSSR count). The number of nitrogens with zero attached hydrogens (tertiary/aromatic N) is 1. The number of benzene rings is 2. The second kappa shape index (κ2) is 10.9. The van der Waals surface area contributed by atoms with E-state index in [0.717, 1.165) is 42.9 Å². The Bertz CT molecular complexity index is 1170. The van der Waals surface area contributed by atoms with E-state index in [1.807, 2.05) is 36.4 Å². The third-order valence-corrected chi connectivity index (χ3v) is 5.78. The molecule has 0 saturated carbocycles. The molecule has 0 amide bonds. The summed E-state index contributed by atoms with van der Waals surface area (Å²) < 4.78 is 5.38. The largest absolute Gasteiger partial charge is 0.502 e. The average molecular weight is 446 g/mol. The summed E-state index contributed by atoms with van der Waals surface area (Å²) in [5.41, 5.74) is 3.57. The van der Waals surface area contributed by atoms with E-state index in [1.54, 1.807) is 0 Å². The van der Waals surface area contributed by atoms with Crippen molar-refractivity contribution >= 4 is 0 Å². The highest BCUT2D eigenvalue weighted by atomic mass is 16.5. The minimum absolute atomic E-state index is 0.131. The monoisotopic (exact) mass is 445 g/mol. The Labute approximate surface area is 192 Å². The van der Waals surface area contributed by atoms with Crippen molar-refractivity contribution in [2.24, 2.45) is 0 Å².